The average molecular weight is 306 g/mol. The summed E-state index contributed by atoms with van der Waals surface area (Å²) in [6.45, 7) is 6.88. The van der Waals surface area contributed by atoms with Crippen molar-refractivity contribution in [1.82, 2.24) is 5.32 Å². The van der Waals surface area contributed by atoms with Crippen LogP contribution in [0.25, 0.3) is 0 Å². The summed E-state index contributed by atoms with van der Waals surface area (Å²) in [6.07, 6.45) is 0. The first-order chi connectivity index (χ1) is 10.3. The molecule has 2 N–H and O–H groups in total. The molecule has 1 rings (SSSR count). The lowest BCUT2D eigenvalue weighted by Gasteiger charge is -2.21. The Labute approximate surface area is 130 Å². The molecule has 1 atom stereocenters. The molecule has 1 aromatic rings. The zero-order valence-electron chi connectivity index (χ0n) is 13.5. The number of anilines is 1. The van der Waals surface area contributed by atoms with Crippen LogP contribution in [0.3, 0.4) is 0 Å². The SMILES string of the molecule is COC(=O)c1ccc(C)c(NC(=O)[C@H](NC(C)=O)C(C)C)c1. The first-order valence-corrected chi connectivity index (χ1v) is 7.03. The van der Waals surface area contributed by atoms with Gasteiger partial charge in [0.2, 0.25) is 11.8 Å². The monoisotopic (exact) mass is 306 g/mol. The van der Waals surface area contributed by atoms with Gasteiger partial charge in [-0.25, -0.2) is 4.79 Å². The molecule has 0 radical (unpaired) electrons. The molecule has 0 bridgehead atoms. The Kier molecular flexibility index (Phi) is 6.10. The van der Waals surface area contributed by atoms with Crippen LogP contribution in [0, 0.1) is 12.8 Å². The highest BCUT2D eigenvalue weighted by Gasteiger charge is 2.23. The van der Waals surface area contributed by atoms with E-state index in [1.807, 2.05) is 20.8 Å². The highest BCUT2D eigenvalue weighted by Crippen LogP contribution is 2.18. The smallest absolute Gasteiger partial charge is 0.337 e. The molecule has 0 aliphatic heterocycles. The van der Waals surface area contributed by atoms with Crippen molar-refractivity contribution >= 4 is 23.5 Å². The topological polar surface area (TPSA) is 84.5 Å². The van der Waals surface area contributed by atoms with Crippen LogP contribution in [0.4, 0.5) is 5.69 Å². The largest absolute Gasteiger partial charge is 0.465 e. The number of hydrogen-bond donors (Lipinski definition) is 2. The van der Waals surface area contributed by atoms with Gasteiger partial charge in [0.1, 0.15) is 6.04 Å². The van der Waals surface area contributed by atoms with E-state index in [0.717, 1.165) is 5.56 Å². The van der Waals surface area contributed by atoms with Crippen LogP contribution in [0.5, 0.6) is 0 Å². The minimum atomic E-state index is -0.640. The molecular formula is C16H22N2O4. The summed E-state index contributed by atoms with van der Waals surface area (Å²) in [6, 6.07) is 4.28. The number of aryl methyl sites for hydroxylation is 1. The molecule has 6 nitrogen and oxygen atoms in total. The summed E-state index contributed by atoms with van der Waals surface area (Å²) in [7, 11) is 1.30. The maximum absolute atomic E-state index is 12.4. The minimum absolute atomic E-state index is 0.0620. The third-order valence-corrected chi connectivity index (χ3v) is 3.22. The van der Waals surface area contributed by atoms with Crippen LogP contribution in [0.15, 0.2) is 18.2 Å². The van der Waals surface area contributed by atoms with Gasteiger partial charge in [-0.05, 0) is 30.5 Å². The van der Waals surface area contributed by atoms with E-state index < -0.39 is 12.0 Å². The third-order valence-electron chi connectivity index (χ3n) is 3.22. The lowest BCUT2D eigenvalue weighted by Crippen LogP contribution is -2.46. The van der Waals surface area contributed by atoms with Crippen LogP contribution in [-0.4, -0.2) is 30.9 Å². The molecule has 1 aromatic carbocycles. The molecule has 0 saturated carbocycles. The predicted molar refractivity (Wildman–Crippen MR) is 83.6 cm³/mol. The summed E-state index contributed by atoms with van der Waals surface area (Å²) in [4.78, 5) is 35.1. The van der Waals surface area contributed by atoms with Crippen molar-refractivity contribution in [2.45, 2.75) is 33.7 Å². The molecular weight excluding hydrogens is 284 g/mol. The Balaban J connectivity index is 2.99. The van der Waals surface area contributed by atoms with Gasteiger partial charge in [-0.15, -0.1) is 0 Å². The molecule has 22 heavy (non-hydrogen) atoms. The van der Waals surface area contributed by atoms with Gasteiger partial charge in [0.05, 0.1) is 12.7 Å². The molecule has 0 unspecified atom stereocenters. The lowest BCUT2D eigenvalue weighted by molar-refractivity contribution is -0.126. The van der Waals surface area contributed by atoms with Gasteiger partial charge >= 0.3 is 5.97 Å². The van der Waals surface area contributed by atoms with Crippen molar-refractivity contribution in [3.05, 3.63) is 29.3 Å². The Morgan fingerprint density at radius 3 is 2.32 bits per heavy atom. The number of carbonyl (C=O) groups is 3. The fourth-order valence-electron chi connectivity index (χ4n) is 1.97. The van der Waals surface area contributed by atoms with E-state index in [4.69, 9.17) is 0 Å². The van der Waals surface area contributed by atoms with Crippen LogP contribution in [-0.2, 0) is 14.3 Å². The van der Waals surface area contributed by atoms with Gasteiger partial charge in [-0.2, -0.15) is 0 Å². The first kappa shape index (κ1) is 17.7. The van der Waals surface area contributed by atoms with E-state index in [0.29, 0.717) is 11.3 Å². The van der Waals surface area contributed by atoms with Gasteiger partial charge in [0, 0.05) is 12.6 Å². The van der Waals surface area contributed by atoms with E-state index in [9.17, 15) is 14.4 Å². The maximum atomic E-state index is 12.4. The molecule has 2 amide bonds. The van der Waals surface area contributed by atoms with Crippen molar-refractivity contribution in [3.63, 3.8) is 0 Å². The van der Waals surface area contributed by atoms with Crippen molar-refractivity contribution in [2.75, 3.05) is 12.4 Å². The van der Waals surface area contributed by atoms with Gasteiger partial charge in [-0.3, -0.25) is 9.59 Å². The van der Waals surface area contributed by atoms with Gasteiger partial charge in [0.15, 0.2) is 0 Å². The van der Waals surface area contributed by atoms with E-state index in [2.05, 4.69) is 15.4 Å². The zero-order valence-corrected chi connectivity index (χ0v) is 13.5. The summed E-state index contributed by atoms with van der Waals surface area (Å²) >= 11 is 0. The van der Waals surface area contributed by atoms with Crippen molar-refractivity contribution < 1.29 is 19.1 Å². The van der Waals surface area contributed by atoms with Gasteiger partial charge < -0.3 is 15.4 Å². The first-order valence-electron chi connectivity index (χ1n) is 7.03. The number of amides is 2. The molecule has 0 saturated heterocycles. The fraction of sp³-hybridized carbons (Fsp3) is 0.438. The van der Waals surface area contributed by atoms with Crippen LogP contribution >= 0.6 is 0 Å². The highest BCUT2D eigenvalue weighted by atomic mass is 16.5. The molecule has 0 heterocycles. The standard InChI is InChI=1S/C16H22N2O4/c1-9(2)14(17-11(4)19)15(20)18-13-8-12(16(21)22-5)7-6-10(13)3/h6-9,14H,1-5H3,(H,17,19)(H,18,20)/t14-/m1/s1. The molecule has 120 valence electrons. The van der Waals surface area contributed by atoms with E-state index >= 15 is 0 Å². The van der Waals surface area contributed by atoms with Gasteiger partial charge in [-0.1, -0.05) is 19.9 Å². The number of benzene rings is 1. The Bertz CT molecular complexity index is 582. The van der Waals surface area contributed by atoms with Crippen LogP contribution in [0.2, 0.25) is 0 Å². The summed E-state index contributed by atoms with van der Waals surface area (Å²) < 4.78 is 4.67. The Morgan fingerprint density at radius 2 is 1.82 bits per heavy atom. The summed E-state index contributed by atoms with van der Waals surface area (Å²) in [5, 5.41) is 5.38. The Morgan fingerprint density at radius 1 is 1.18 bits per heavy atom. The molecule has 0 fully saturated rings. The normalized spacial score (nSPS) is 11.7. The second-order valence-electron chi connectivity index (χ2n) is 5.43. The number of carbonyl (C=O) groups excluding carboxylic acids is 3. The van der Waals surface area contributed by atoms with Crippen molar-refractivity contribution in [1.29, 1.82) is 0 Å². The van der Waals surface area contributed by atoms with Crippen molar-refractivity contribution in [2.24, 2.45) is 5.92 Å². The number of esters is 1. The third kappa shape index (κ3) is 4.58. The molecule has 0 aromatic heterocycles. The van der Waals surface area contributed by atoms with E-state index in [1.165, 1.54) is 14.0 Å². The number of rotatable bonds is 5. The zero-order chi connectivity index (χ0) is 16.9. The molecule has 6 heteroatoms. The number of nitrogens with one attached hydrogen (secondary N) is 2. The van der Waals surface area contributed by atoms with E-state index in [-0.39, 0.29) is 17.7 Å². The number of ether oxygens (including phenoxy) is 1. The molecule has 0 spiro atoms. The quantitative estimate of drug-likeness (QED) is 0.814. The molecule has 0 aliphatic carbocycles. The molecule has 0 aliphatic rings. The minimum Gasteiger partial charge on any atom is -0.465 e. The summed E-state index contributed by atoms with van der Waals surface area (Å²) in [5.41, 5.74) is 1.68. The Hall–Kier alpha value is -2.37. The van der Waals surface area contributed by atoms with Crippen LogP contribution < -0.4 is 10.6 Å². The second kappa shape index (κ2) is 7.59. The predicted octanol–water partition coefficient (Wildman–Crippen LogP) is 1.88. The lowest BCUT2D eigenvalue weighted by atomic mass is 10.0. The average Bonchev–Trinajstić information content (AvgIpc) is 2.45. The van der Waals surface area contributed by atoms with Gasteiger partial charge in [0.25, 0.3) is 0 Å². The number of methoxy groups -OCH3 is 1. The maximum Gasteiger partial charge on any atom is 0.337 e. The van der Waals surface area contributed by atoms with Crippen LogP contribution in [0.1, 0.15) is 36.7 Å². The fourth-order valence-corrected chi connectivity index (χ4v) is 1.97. The number of hydrogen-bond acceptors (Lipinski definition) is 4. The van der Waals surface area contributed by atoms with Crippen molar-refractivity contribution in [3.8, 4) is 0 Å². The second-order valence-corrected chi connectivity index (χ2v) is 5.43. The van der Waals surface area contributed by atoms with E-state index in [1.54, 1.807) is 18.2 Å². The summed E-state index contributed by atoms with van der Waals surface area (Å²) in [5.74, 6) is -1.13. The highest BCUT2D eigenvalue weighted by molar-refractivity contribution is 5.99.